The van der Waals surface area contributed by atoms with E-state index in [1.807, 2.05) is 31.2 Å². The second kappa shape index (κ2) is 3.94. The van der Waals surface area contributed by atoms with Crippen molar-refractivity contribution in [1.82, 2.24) is 15.1 Å². The predicted molar refractivity (Wildman–Crippen MR) is 68.9 cm³/mol. The number of fused-ring (bicyclic) bond motifs is 1. The second-order valence-corrected chi connectivity index (χ2v) is 4.51. The lowest BCUT2D eigenvalue weighted by Gasteiger charge is -2.09. The van der Waals surface area contributed by atoms with E-state index in [0.29, 0.717) is 11.3 Å². The van der Waals surface area contributed by atoms with Crippen molar-refractivity contribution in [3.05, 3.63) is 41.1 Å². The number of carbonyl (C=O) groups excluding carboxylic acids is 2. The van der Waals surface area contributed by atoms with Crippen molar-refractivity contribution in [1.29, 1.82) is 0 Å². The Morgan fingerprint density at radius 2 is 1.95 bits per heavy atom. The van der Waals surface area contributed by atoms with E-state index in [2.05, 4.69) is 10.4 Å². The maximum atomic E-state index is 11.8. The molecule has 0 radical (unpaired) electrons. The van der Waals surface area contributed by atoms with Crippen molar-refractivity contribution in [3.63, 3.8) is 0 Å². The maximum Gasteiger partial charge on any atom is 0.263 e. The van der Waals surface area contributed by atoms with E-state index < -0.39 is 5.91 Å². The predicted octanol–water partition coefficient (Wildman–Crippen LogP) is 0.575. The molecule has 0 aliphatic carbocycles. The molecule has 1 aliphatic heterocycles. The topological polar surface area (TPSA) is 90.0 Å². The molecule has 2 aromatic rings. The third kappa shape index (κ3) is 1.77. The first kappa shape index (κ1) is 11.5. The summed E-state index contributed by atoms with van der Waals surface area (Å²) in [6.45, 7) is 1.98. The molecule has 1 aromatic heterocycles. The number of nitrogen functional groups attached to an aromatic ring is 1. The smallest absolute Gasteiger partial charge is 0.263 e. The molecule has 1 aliphatic rings. The van der Waals surface area contributed by atoms with Crippen molar-refractivity contribution in [2.45, 2.75) is 13.3 Å². The maximum absolute atomic E-state index is 11.8. The third-order valence-electron chi connectivity index (χ3n) is 3.08. The molecule has 2 amide bonds. The number of benzene rings is 1. The van der Waals surface area contributed by atoms with Gasteiger partial charge in [0.1, 0.15) is 11.4 Å². The minimum absolute atomic E-state index is 0.0735. The summed E-state index contributed by atoms with van der Waals surface area (Å²) < 4.78 is 1.49. The van der Waals surface area contributed by atoms with E-state index >= 15 is 0 Å². The van der Waals surface area contributed by atoms with Crippen LogP contribution in [0.2, 0.25) is 0 Å². The Hall–Kier alpha value is -2.63. The molecule has 6 heteroatoms. The quantitative estimate of drug-likeness (QED) is 0.730. The van der Waals surface area contributed by atoms with Crippen molar-refractivity contribution >= 4 is 17.6 Å². The van der Waals surface area contributed by atoms with Gasteiger partial charge >= 0.3 is 0 Å². The van der Waals surface area contributed by atoms with E-state index in [0.717, 1.165) is 11.3 Å². The fourth-order valence-electron chi connectivity index (χ4n) is 2.12. The van der Waals surface area contributed by atoms with Gasteiger partial charge in [-0.3, -0.25) is 14.9 Å². The fourth-order valence-corrected chi connectivity index (χ4v) is 2.12. The average molecular weight is 256 g/mol. The lowest BCUT2D eigenvalue weighted by molar-refractivity contribution is -0.119. The molecule has 0 atom stereocenters. The molecular formula is C13H12N4O2. The average Bonchev–Trinajstić information content (AvgIpc) is 2.67. The largest absolute Gasteiger partial charge is 0.383 e. The minimum atomic E-state index is -0.484. The van der Waals surface area contributed by atoms with Gasteiger partial charge in [-0.25, -0.2) is 4.68 Å². The number of nitrogens with one attached hydrogen (secondary N) is 1. The summed E-state index contributed by atoms with van der Waals surface area (Å²) in [4.78, 5) is 23.1. The van der Waals surface area contributed by atoms with Crippen molar-refractivity contribution in [3.8, 4) is 5.69 Å². The van der Waals surface area contributed by atoms with Crippen LogP contribution in [0.1, 0.15) is 21.6 Å². The Bertz CT molecular complexity index is 685. The van der Waals surface area contributed by atoms with Crippen molar-refractivity contribution in [2.75, 3.05) is 5.73 Å². The van der Waals surface area contributed by atoms with E-state index in [1.165, 1.54) is 4.68 Å². The number of hydrogen-bond acceptors (Lipinski definition) is 4. The second-order valence-electron chi connectivity index (χ2n) is 4.51. The fraction of sp³-hybridized carbons (Fsp3) is 0.154. The van der Waals surface area contributed by atoms with Gasteiger partial charge in [-0.15, -0.1) is 0 Å². The number of nitrogens with zero attached hydrogens (tertiary/aromatic N) is 2. The number of anilines is 1. The van der Waals surface area contributed by atoms with Gasteiger partial charge in [0.2, 0.25) is 5.91 Å². The number of carbonyl (C=O) groups is 2. The minimum Gasteiger partial charge on any atom is -0.383 e. The van der Waals surface area contributed by atoms with Gasteiger partial charge in [0.05, 0.1) is 17.8 Å². The van der Waals surface area contributed by atoms with E-state index in [-0.39, 0.29) is 18.1 Å². The molecule has 0 saturated heterocycles. The molecule has 0 fully saturated rings. The van der Waals surface area contributed by atoms with Gasteiger partial charge in [-0.05, 0) is 19.1 Å². The van der Waals surface area contributed by atoms with Crippen LogP contribution < -0.4 is 11.1 Å². The Kier molecular flexibility index (Phi) is 2.38. The molecule has 0 bridgehead atoms. The molecule has 0 saturated carbocycles. The zero-order valence-electron chi connectivity index (χ0n) is 10.3. The van der Waals surface area contributed by atoms with Crippen LogP contribution in [0.4, 0.5) is 5.82 Å². The number of amides is 2. The number of nitrogens with two attached hydrogens (primary N) is 1. The lowest BCUT2D eigenvalue weighted by atomic mass is 10.1. The zero-order valence-corrected chi connectivity index (χ0v) is 10.3. The molecule has 96 valence electrons. The highest BCUT2D eigenvalue weighted by atomic mass is 16.2. The summed E-state index contributed by atoms with van der Waals surface area (Å²) >= 11 is 0. The van der Waals surface area contributed by atoms with E-state index in [1.54, 1.807) is 0 Å². The first-order valence-electron chi connectivity index (χ1n) is 5.85. The van der Waals surface area contributed by atoms with Gasteiger partial charge in [0.25, 0.3) is 5.91 Å². The van der Waals surface area contributed by atoms with Gasteiger partial charge in [-0.1, -0.05) is 17.7 Å². The Balaban J connectivity index is 2.14. The molecule has 3 N–H and O–H groups in total. The normalized spacial score (nSPS) is 14.2. The number of aromatic nitrogens is 2. The van der Waals surface area contributed by atoms with Gasteiger partial charge < -0.3 is 5.73 Å². The number of rotatable bonds is 1. The summed E-state index contributed by atoms with van der Waals surface area (Å²) in [5.41, 5.74) is 8.55. The highest BCUT2D eigenvalue weighted by Gasteiger charge is 2.29. The van der Waals surface area contributed by atoms with E-state index in [4.69, 9.17) is 5.73 Å². The Morgan fingerprint density at radius 1 is 1.26 bits per heavy atom. The van der Waals surface area contributed by atoms with E-state index in [9.17, 15) is 9.59 Å². The highest BCUT2D eigenvalue weighted by Crippen LogP contribution is 2.23. The summed E-state index contributed by atoms with van der Waals surface area (Å²) in [7, 11) is 0. The van der Waals surface area contributed by atoms with Crippen LogP contribution in [-0.4, -0.2) is 21.6 Å². The molecular weight excluding hydrogens is 244 g/mol. The molecule has 3 rings (SSSR count). The van der Waals surface area contributed by atoms with Gasteiger partial charge in [0.15, 0.2) is 0 Å². The number of imide groups is 1. The number of aryl methyl sites for hydroxylation is 1. The van der Waals surface area contributed by atoms with Crippen LogP contribution in [0.25, 0.3) is 5.69 Å². The molecule has 1 aromatic carbocycles. The Morgan fingerprint density at radius 3 is 2.63 bits per heavy atom. The van der Waals surface area contributed by atoms with Crippen LogP contribution >= 0.6 is 0 Å². The SMILES string of the molecule is Cc1ccc(-n2nc3c(c2N)C(=O)NC(=O)C3)cc1. The first-order valence-corrected chi connectivity index (χ1v) is 5.85. The molecule has 0 spiro atoms. The van der Waals surface area contributed by atoms with Crippen LogP contribution in [0.15, 0.2) is 24.3 Å². The summed E-state index contributed by atoms with van der Waals surface area (Å²) in [5.74, 6) is -0.586. The van der Waals surface area contributed by atoms with Crippen molar-refractivity contribution < 1.29 is 9.59 Å². The summed E-state index contributed by atoms with van der Waals surface area (Å²) in [6.07, 6.45) is 0.0735. The van der Waals surface area contributed by atoms with Crippen LogP contribution in [0, 0.1) is 6.92 Å². The molecule has 19 heavy (non-hydrogen) atoms. The Labute approximate surface area is 109 Å². The standard InChI is InChI=1S/C13H12N4O2/c1-7-2-4-8(5-3-7)17-12(14)11-9(16-17)6-10(18)15-13(11)19/h2-5H,6,14H2,1H3,(H,15,18,19). The zero-order chi connectivity index (χ0) is 13.6. The monoisotopic (exact) mass is 256 g/mol. The molecule has 0 unspecified atom stereocenters. The summed E-state index contributed by atoms with van der Waals surface area (Å²) in [5, 5.41) is 6.50. The summed E-state index contributed by atoms with van der Waals surface area (Å²) in [6, 6.07) is 7.59. The molecule has 2 heterocycles. The van der Waals surface area contributed by atoms with Crippen molar-refractivity contribution in [2.24, 2.45) is 0 Å². The number of hydrogen-bond donors (Lipinski definition) is 2. The van der Waals surface area contributed by atoms with Gasteiger partial charge in [-0.2, -0.15) is 5.10 Å². The first-order chi connectivity index (χ1) is 9.06. The van der Waals surface area contributed by atoms with Crippen LogP contribution in [-0.2, 0) is 11.2 Å². The highest BCUT2D eigenvalue weighted by molar-refractivity contribution is 6.11. The van der Waals surface area contributed by atoms with Crippen LogP contribution in [0.5, 0.6) is 0 Å². The lowest BCUT2D eigenvalue weighted by Crippen LogP contribution is -2.37. The van der Waals surface area contributed by atoms with Crippen LogP contribution in [0.3, 0.4) is 0 Å². The third-order valence-corrected chi connectivity index (χ3v) is 3.08. The van der Waals surface area contributed by atoms with Gasteiger partial charge in [0, 0.05) is 0 Å². The molecule has 6 nitrogen and oxygen atoms in total.